The van der Waals surface area contributed by atoms with Crippen LogP contribution in [-0.2, 0) is 12.0 Å². The summed E-state index contributed by atoms with van der Waals surface area (Å²) in [4.78, 5) is 0. The van der Waals surface area contributed by atoms with E-state index in [1.807, 2.05) is 42.5 Å². The molecule has 112 valence electrons. The Kier molecular flexibility index (Phi) is 4.53. The lowest BCUT2D eigenvalue weighted by molar-refractivity contribution is 0.281. The maximum atomic E-state index is 9.07. The summed E-state index contributed by atoms with van der Waals surface area (Å²) in [7, 11) is 1.66. The first kappa shape index (κ1) is 15.4. The van der Waals surface area contributed by atoms with Crippen LogP contribution in [0.25, 0.3) is 0 Å². The number of rotatable bonds is 4. The van der Waals surface area contributed by atoms with Gasteiger partial charge >= 0.3 is 0 Å². The normalized spacial score (nSPS) is 11.3. The molecule has 2 aromatic rings. The Balaban J connectivity index is 2.34. The summed E-state index contributed by atoms with van der Waals surface area (Å²) in [5.41, 5.74) is 1.91. The van der Waals surface area contributed by atoms with Crippen LogP contribution in [0.15, 0.2) is 42.5 Å². The molecule has 2 aromatic carbocycles. The lowest BCUT2D eigenvalue weighted by atomic mass is 9.86. The number of ether oxygens (including phenoxy) is 2. The van der Waals surface area contributed by atoms with Crippen molar-refractivity contribution < 1.29 is 14.6 Å². The minimum Gasteiger partial charge on any atom is -0.497 e. The van der Waals surface area contributed by atoms with Gasteiger partial charge in [-0.3, -0.25) is 0 Å². The second-order valence-corrected chi connectivity index (χ2v) is 6.02. The Morgan fingerprint density at radius 2 is 1.57 bits per heavy atom. The van der Waals surface area contributed by atoms with Crippen LogP contribution in [-0.4, -0.2) is 12.2 Å². The fourth-order valence-electron chi connectivity index (χ4n) is 2.10. The molecule has 0 aliphatic heterocycles. The third-order valence-corrected chi connectivity index (χ3v) is 3.33. The molecule has 0 spiro atoms. The highest BCUT2D eigenvalue weighted by Gasteiger charge is 2.20. The maximum absolute atomic E-state index is 9.07. The molecular weight excluding hydrogens is 264 g/mol. The predicted molar refractivity (Wildman–Crippen MR) is 84.1 cm³/mol. The van der Waals surface area contributed by atoms with Gasteiger partial charge in [0.05, 0.1) is 13.7 Å². The van der Waals surface area contributed by atoms with Crippen LogP contribution >= 0.6 is 0 Å². The summed E-state index contributed by atoms with van der Waals surface area (Å²) in [5.74, 6) is 2.39. The van der Waals surface area contributed by atoms with Crippen molar-refractivity contribution in [1.29, 1.82) is 0 Å². The lowest BCUT2D eigenvalue weighted by Crippen LogP contribution is -2.12. The largest absolute Gasteiger partial charge is 0.497 e. The number of hydrogen-bond donors (Lipinski definition) is 1. The molecule has 0 fully saturated rings. The van der Waals surface area contributed by atoms with E-state index in [1.165, 1.54) is 0 Å². The first-order chi connectivity index (χ1) is 9.94. The van der Waals surface area contributed by atoms with Crippen LogP contribution < -0.4 is 9.47 Å². The molecule has 0 aromatic heterocycles. The van der Waals surface area contributed by atoms with Gasteiger partial charge in [0, 0.05) is 5.56 Å². The van der Waals surface area contributed by atoms with Gasteiger partial charge in [-0.05, 0) is 41.3 Å². The van der Waals surface area contributed by atoms with Crippen molar-refractivity contribution in [2.45, 2.75) is 32.8 Å². The minimum atomic E-state index is -0.0467. The summed E-state index contributed by atoms with van der Waals surface area (Å²) < 4.78 is 11.3. The molecule has 0 aliphatic rings. The van der Waals surface area contributed by atoms with Crippen LogP contribution in [0.4, 0.5) is 0 Å². The number of aliphatic hydroxyl groups is 1. The first-order valence-electron chi connectivity index (χ1n) is 7.00. The van der Waals surface area contributed by atoms with Crippen molar-refractivity contribution in [2.75, 3.05) is 7.11 Å². The van der Waals surface area contributed by atoms with Crippen molar-refractivity contribution in [1.82, 2.24) is 0 Å². The molecule has 0 aliphatic carbocycles. The third kappa shape index (κ3) is 3.76. The van der Waals surface area contributed by atoms with E-state index in [-0.39, 0.29) is 12.0 Å². The maximum Gasteiger partial charge on any atom is 0.131 e. The zero-order chi connectivity index (χ0) is 15.5. The van der Waals surface area contributed by atoms with Crippen molar-refractivity contribution in [3.8, 4) is 17.2 Å². The van der Waals surface area contributed by atoms with Gasteiger partial charge in [-0.15, -0.1) is 0 Å². The summed E-state index contributed by atoms with van der Waals surface area (Å²) >= 11 is 0. The summed E-state index contributed by atoms with van der Waals surface area (Å²) in [6.45, 7) is 6.46. The van der Waals surface area contributed by atoms with Crippen molar-refractivity contribution >= 4 is 0 Å². The predicted octanol–water partition coefficient (Wildman–Crippen LogP) is 4.28. The molecule has 0 unspecified atom stereocenters. The SMILES string of the molecule is COc1ccc(Oc2ccc(CO)cc2)c(C(C)(C)C)c1. The molecule has 3 nitrogen and oxygen atoms in total. The second kappa shape index (κ2) is 6.19. The number of hydrogen-bond acceptors (Lipinski definition) is 3. The van der Waals surface area contributed by atoms with Gasteiger partial charge in [-0.25, -0.2) is 0 Å². The van der Waals surface area contributed by atoms with E-state index in [4.69, 9.17) is 14.6 Å². The summed E-state index contributed by atoms with van der Waals surface area (Å²) in [5, 5.41) is 9.07. The van der Waals surface area contributed by atoms with E-state index in [1.54, 1.807) is 7.11 Å². The van der Waals surface area contributed by atoms with E-state index in [0.29, 0.717) is 0 Å². The minimum absolute atomic E-state index is 0.0378. The van der Waals surface area contributed by atoms with Crippen LogP contribution in [0, 0.1) is 0 Å². The van der Waals surface area contributed by atoms with E-state index in [2.05, 4.69) is 20.8 Å². The Hall–Kier alpha value is -2.00. The molecule has 0 radical (unpaired) electrons. The average molecular weight is 286 g/mol. The Morgan fingerprint density at radius 1 is 0.952 bits per heavy atom. The topological polar surface area (TPSA) is 38.7 Å². The van der Waals surface area contributed by atoms with Gasteiger partial charge in [-0.2, -0.15) is 0 Å². The van der Waals surface area contributed by atoms with E-state index >= 15 is 0 Å². The van der Waals surface area contributed by atoms with Crippen LogP contribution in [0.1, 0.15) is 31.9 Å². The molecule has 0 bridgehead atoms. The Bertz CT molecular complexity index is 595. The van der Waals surface area contributed by atoms with E-state index < -0.39 is 0 Å². The smallest absolute Gasteiger partial charge is 0.131 e. The van der Waals surface area contributed by atoms with Gasteiger partial charge in [-0.1, -0.05) is 32.9 Å². The van der Waals surface area contributed by atoms with Crippen LogP contribution in [0.2, 0.25) is 0 Å². The molecule has 0 heterocycles. The monoisotopic (exact) mass is 286 g/mol. The average Bonchev–Trinajstić information content (AvgIpc) is 2.47. The summed E-state index contributed by atoms with van der Waals surface area (Å²) in [6, 6.07) is 13.3. The fraction of sp³-hybridized carbons (Fsp3) is 0.333. The van der Waals surface area contributed by atoms with Crippen molar-refractivity contribution in [2.24, 2.45) is 0 Å². The van der Waals surface area contributed by atoms with Gasteiger partial charge in [0.2, 0.25) is 0 Å². The number of methoxy groups -OCH3 is 1. The molecule has 0 amide bonds. The molecular formula is C18H22O3. The van der Waals surface area contributed by atoms with Gasteiger partial charge in [0.1, 0.15) is 17.2 Å². The second-order valence-electron chi connectivity index (χ2n) is 6.02. The molecule has 0 saturated carbocycles. The van der Waals surface area contributed by atoms with Gasteiger partial charge in [0.25, 0.3) is 0 Å². The molecule has 1 N–H and O–H groups in total. The Labute approximate surface area is 126 Å². The van der Waals surface area contributed by atoms with E-state index in [9.17, 15) is 0 Å². The highest BCUT2D eigenvalue weighted by molar-refractivity contribution is 5.46. The molecule has 0 atom stereocenters. The molecule has 2 rings (SSSR count). The number of benzene rings is 2. The van der Waals surface area contributed by atoms with Crippen molar-refractivity contribution in [3.63, 3.8) is 0 Å². The third-order valence-electron chi connectivity index (χ3n) is 3.33. The molecule has 0 saturated heterocycles. The summed E-state index contributed by atoms with van der Waals surface area (Å²) in [6.07, 6.45) is 0. The Morgan fingerprint density at radius 3 is 2.10 bits per heavy atom. The number of aliphatic hydroxyl groups excluding tert-OH is 1. The zero-order valence-electron chi connectivity index (χ0n) is 13.0. The van der Waals surface area contributed by atoms with Gasteiger partial charge < -0.3 is 14.6 Å². The molecule has 21 heavy (non-hydrogen) atoms. The quantitative estimate of drug-likeness (QED) is 0.912. The van der Waals surface area contributed by atoms with Crippen LogP contribution in [0.3, 0.4) is 0 Å². The lowest BCUT2D eigenvalue weighted by Gasteiger charge is -2.23. The van der Waals surface area contributed by atoms with Crippen molar-refractivity contribution in [3.05, 3.63) is 53.6 Å². The van der Waals surface area contributed by atoms with E-state index in [0.717, 1.165) is 28.4 Å². The standard InChI is InChI=1S/C18H22O3/c1-18(2,3)16-11-15(20-4)9-10-17(16)21-14-7-5-13(12-19)6-8-14/h5-11,19H,12H2,1-4H3. The fourth-order valence-corrected chi connectivity index (χ4v) is 2.10. The first-order valence-corrected chi connectivity index (χ1v) is 7.00. The highest BCUT2D eigenvalue weighted by Crippen LogP contribution is 2.36. The van der Waals surface area contributed by atoms with Crippen LogP contribution in [0.5, 0.6) is 17.2 Å². The van der Waals surface area contributed by atoms with Gasteiger partial charge in [0.15, 0.2) is 0 Å². The molecule has 3 heteroatoms. The highest BCUT2D eigenvalue weighted by atomic mass is 16.5. The zero-order valence-corrected chi connectivity index (χ0v) is 13.0.